The van der Waals surface area contributed by atoms with Crippen molar-refractivity contribution in [2.24, 2.45) is 5.41 Å². The smallest absolute Gasteiger partial charge is 0.126 e. The molecule has 0 bridgehead atoms. The predicted octanol–water partition coefficient (Wildman–Crippen LogP) is 2.34. The van der Waals surface area contributed by atoms with Gasteiger partial charge in [-0.2, -0.15) is 0 Å². The SMILES string of the molecule is CC#CC1(O)CCCC(C)(C)C1. The Kier molecular flexibility index (Phi) is 2.49. The Morgan fingerprint density at radius 2 is 1.92 bits per heavy atom. The molecule has 1 aliphatic carbocycles. The average molecular weight is 166 g/mol. The van der Waals surface area contributed by atoms with Crippen molar-refractivity contribution in [3.05, 3.63) is 0 Å². The lowest BCUT2D eigenvalue weighted by Gasteiger charge is -2.38. The molecule has 0 heterocycles. The molecule has 1 atom stereocenters. The van der Waals surface area contributed by atoms with E-state index in [4.69, 9.17) is 0 Å². The first-order chi connectivity index (χ1) is 5.47. The van der Waals surface area contributed by atoms with Gasteiger partial charge < -0.3 is 5.11 Å². The van der Waals surface area contributed by atoms with Crippen LogP contribution in [-0.4, -0.2) is 10.7 Å². The molecule has 1 aliphatic rings. The number of hydrogen-bond acceptors (Lipinski definition) is 1. The van der Waals surface area contributed by atoms with Gasteiger partial charge in [-0.15, -0.1) is 5.92 Å². The van der Waals surface area contributed by atoms with Crippen LogP contribution in [0.3, 0.4) is 0 Å². The molecule has 12 heavy (non-hydrogen) atoms. The highest BCUT2D eigenvalue weighted by Gasteiger charge is 2.36. The van der Waals surface area contributed by atoms with Crippen LogP contribution in [0.4, 0.5) is 0 Å². The lowest BCUT2D eigenvalue weighted by molar-refractivity contribution is 0.00922. The third kappa shape index (κ3) is 2.25. The van der Waals surface area contributed by atoms with E-state index in [-0.39, 0.29) is 5.41 Å². The second kappa shape index (κ2) is 3.11. The second-order valence-electron chi connectivity index (χ2n) is 4.60. The summed E-state index contributed by atoms with van der Waals surface area (Å²) in [4.78, 5) is 0. The molecule has 1 saturated carbocycles. The van der Waals surface area contributed by atoms with E-state index in [1.807, 2.05) is 0 Å². The second-order valence-corrected chi connectivity index (χ2v) is 4.60. The number of rotatable bonds is 0. The Hall–Kier alpha value is -0.480. The van der Waals surface area contributed by atoms with E-state index in [2.05, 4.69) is 25.7 Å². The molecule has 0 aromatic carbocycles. The summed E-state index contributed by atoms with van der Waals surface area (Å²) >= 11 is 0. The Morgan fingerprint density at radius 3 is 2.42 bits per heavy atom. The summed E-state index contributed by atoms with van der Waals surface area (Å²) < 4.78 is 0. The standard InChI is InChI=1S/C11H18O/c1-4-6-11(12)8-5-7-10(2,3)9-11/h12H,5,7-9H2,1-3H3. The predicted molar refractivity (Wildman–Crippen MR) is 50.6 cm³/mol. The van der Waals surface area contributed by atoms with Crippen LogP contribution in [0.25, 0.3) is 0 Å². The summed E-state index contributed by atoms with van der Waals surface area (Å²) in [7, 11) is 0. The topological polar surface area (TPSA) is 20.2 Å². The van der Waals surface area contributed by atoms with Crippen molar-refractivity contribution in [2.45, 2.75) is 52.1 Å². The summed E-state index contributed by atoms with van der Waals surface area (Å²) in [6, 6.07) is 0. The van der Waals surface area contributed by atoms with Gasteiger partial charge in [0.05, 0.1) is 0 Å². The first-order valence-corrected chi connectivity index (χ1v) is 4.64. The molecular weight excluding hydrogens is 148 g/mol. The monoisotopic (exact) mass is 166 g/mol. The van der Waals surface area contributed by atoms with Crippen LogP contribution in [0.15, 0.2) is 0 Å². The van der Waals surface area contributed by atoms with E-state index in [1.165, 1.54) is 6.42 Å². The summed E-state index contributed by atoms with van der Waals surface area (Å²) in [5.74, 6) is 5.74. The van der Waals surface area contributed by atoms with Gasteiger partial charge in [-0.3, -0.25) is 0 Å². The molecule has 0 aliphatic heterocycles. The van der Waals surface area contributed by atoms with Gasteiger partial charge in [0.2, 0.25) is 0 Å². The van der Waals surface area contributed by atoms with Crippen LogP contribution in [0, 0.1) is 17.3 Å². The van der Waals surface area contributed by atoms with Crippen LogP contribution in [0.5, 0.6) is 0 Å². The number of hydrogen-bond donors (Lipinski definition) is 1. The maximum atomic E-state index is 10.0. The van der Waals surface area contributed by atoms with E-state index in [0.29, 0.717) is 0 Å². The van der Waals surface area contributed by atoms with Crippen LogP contribution in [0.2, 0.25) is 0 Å². The van der Waals surface area contributed by atoms with Gasteiger partial charge in [-0.05, 0) is 38.0 Å². The highest BCUT2D eigenvalue weighted by atomic mass is 16.3. The normalized spacial score (nSPS) is 33.7. The fraction of sp³-hybridized carbons (Fsp3) is 0.818. The quantitative estimate of drug-likeness (QED) is 0.548. The third-order valence-corrected chi connectivity index (χ3v) is 2.57. The van der Waals surface area contributed by atoms with Gasteiger partial charge in [0.15, 0.2) is 0 Å². The van der Waals surface area contributed by atoms with Gasteiger partial charge in [0.25, 0.3) is 0 Å². The zero-order valence-corrected chi connectivity index (χ0v) is 8.28. The van der Waals surface area contributed by atoms with Gasteiger partial charge in [0, 0.05) is 0 Å². The van der Waals surface area contributed by atoms with Crippen LogP contribution in [-0.2, 0) is 0 Å². The molecule has 0 aromatic rings. The molecule has 1 fully saturated rings. The molecule has 0 aromatic heterocycles. The van der Waals surface area contributed by atoms with Crippen molar-refractivity contribution in [1.29, 1.82) is 0 Å². The highest BCUT2D eigenvalue weighted by molar-refractivity contribution is 5.14. The molecule has 1 unspecified atom stereocenters. The van der Waals surface area contributed by atoms with Crippen molar-refractivity contribution in [3.63, 3.8) is 0 Å². The van der Waals surface area contributed by atoms with Crippen molar-refractivity contribution in [2.75, 3.05) is 0 Å². The molecule has 68 valence electrons. The summed E-state index contributed by atoms with van der Waals surface area (Å²) in [5, 5.41) is 10.0. The summed E-state index contributed by atoms with van der Waals surface area (Å²) in [6.45, 7) is 6.20. The maximum Gasteiger partial charge on any atom is 0.126 e. The lowest BCUT2D eigenvalue weighted by Crippen LogP contribution is -2.37. The zero-order chi connectivity index (χ0) is 9.24. The van der Waals surface area contributed by atoms with E-state index in [1.54, 1.807) is 6.92 Å². The Labute approximate surface area is 75.2 Å². The van der Waals surface area contributed by atoms with Gasteiger partial charge in [-0.25, -0.2) is 0 Å². The minimum atomic E-state index is -0.698. The minimum absolute atomic E-state index is 0.261. The summed E-state index contributed by atoms with van der Waals surface area (Å²) in [5.41, 5.74) is -0.437. The van der Waals surface area contributed by atoms with E-state index in [0.717, 1.165) is 19.3 Å². The van der Waals surface area contributed by atoms with Crippen molar-refractivity contribution < 1.29 is 5.11 Å². The van der Waals surface area contributed by atoms with Gasteiger partial charge in [0.1, 0.15) is 5.60 Å². The number of aliphatic hydroxyl groups is 1. The fourth-order valence-electron chi connectivity index (χ4n) is 2.17. The molecule has 0 spiro atoms. The van der Waals surface area contributed by atoms with Crippen molar-refractivity contribution in [3.8, 4) is 11.8 Å². The highest BCUT2D eigenvalue weighted by Crippen LogP contribution is 2.40. The van der Waals surface area contributed by atoms with Gasteiger partial charge >= 0.3 is 0 Å². The van der Waals surface area contributed by atoms with E-state index < -0.39 is 5.60 Å². The summed E-state index contributed by atoms with van der Waals surface area (Å²) in [6.07, 6.45) is 3.97. The first kappa shape index (κ1) is 9.61. The minimum Gasteiger partial charge on any atom is -0.378 e. The molecule has 1 nitrogen and oxygen atoms in total. The molecule has 1 N–H and O–H groups in total. The largest absolute Gasteiger partial charge is 0.378 e. The van der Waals surface area contributed by atoms with Crippen molar-refractivity contribution >= 4 is 0 Å². The van der Waals surface area contributed by atoms with Crippen LogP contribution < -0.4 is 0 Å². The lowest BCUT2D eigenvalue weighted by atomic mass is 9.70. The molecule has 0 amide bonds. The molecule has 1 heteroatoms. The Morgan fingerprint density at radius 1 is 1.25 bits per heavy atom. The molecular formula is C11H18O. The van der Waals surface area contributed by atoms with Crippen LogP contribution >= 0.6 is 0 Å². The van der Waals surface area contributed by atoms with E-state index in [9.17, 15) is 5.11 Å². The maximum absolute atomic E-state index is 10.0. The third-order valence-electron chi connectivity index (χ3n) is 2.57. The van der Waals surface area contributed by atoms with Gasteiger partial charge in [-0.1, -0.05) is 19.8 Å². The average Bonchev–Trinajstić information content (AvgIpc) is 1.83. The molecule has 1 rings (SSSR count). The Bertz CT molecular complexity index is 219. The molecule has 0 radical (unpaired) electrons. The first-order valence-electron chi connectivity index (χ1n) is 4.64. The van der Waals surface area contributed by atoms with Crippen LogP contribution in [0.1, 0.15) is 46.5 Å². The van der Waals surface area contributed by atoms with E-state index >= 15 is 0 Å². The van der Waals surface area contributed by atoms with Crippen molar-refractivity contribution in [1.82, 2.24) is 0 Å². The molecule has 0 saturated heterocycles. The zero-order valence-electron chi connectivity index (χ0n) is 8.28. The fourth-order valence-corrected chi connectivity index (χ4v) is 2.17. The Balaban J connectivity index is 2.72.